The van der Waals surface area contributed by atoms with Gasteiger partial charge in [-0.2, -0.15) is 0 Å². The molecule has 28 heavy (non-hydrogen) atoms. The lowest BCUT2D eigenvalue weighted by molar-refractivity contribution is -0.136. The first-order valence-electron chi connectivity index (χ1n) is 10.5. The number of nitrogens with zero attached hydrogens (tertiary/aromatic N) is 2. The normalized spacial score (nSPS) is 19.1. The maximum atomic E-state index is 12.5. The molecule has 152 valence electrons. The number of benzene rings is 1. The quantitative estimate of drug-likeness (QED) is 0.846. The lowest BCUT2D eigenvalue weighted by Gasteiger charge is -2.32. The van der Waals surface area contributed by atoms with E-state index in [0.29, 0.717) is 25.4 Å². The summed E-state index contributed by atoms with van der Waals surface area (Å²) in [5.74, 6) is 0.491. The molecule has 0 radical (unpaired) electrons. The zero-order chi connectivity index (χ0) is 19.8. The summed E-state index contributed by atoms with van der Waals surface area (Å²) in [7, 11) is 0. The third-order valence-corrected chi connectivity index (χ3v) is 5.77. The number of carbonyl (C=O) groups is 3. The van der Waals surface area contributed by atoms with Crippen molar-refractivity contribution in [2.75, 3.05) is 32.7 Å². The van der Waals surface area contributed by atoms with Crippen molar-refractivity contribution in [1.29, 1.82) is 0 Å². The number of hydrogen-bond donors (Lipinski definition) is 1. The minimum Gasteiger partial charge on any atom is -0.354 e. The van der Waals surface area contributed by atoms with Crippen molar-refractivity contribution in [3.05, 3.63) is 35.9 Å². The second kappa shape index (κ2) is 10.2. The van der Waals surface area contributed by atoms with E-state index in [-0.39, 0.29) is 24.3 Å². The van der Waals surface area contributed by atoms with Gasteiger partial charge in [-0.15, -0.1) is 0 Å². The molecule has 0 aliphatic carbocycles. The molecule has 2 aliphatic rings. The van der Waals surface area contributed by atoms with Crippen molar-refractivity contribution < 1.29 is 14.4 Å². The average Bonchev–Trinajstić information content (AvgIpc) is 2.72. The highest BCUT2D eigenvalue weighted by Crippen LogP contribution is 2.18. The molecule has 1 aromatic carbocycles. The zero-order valence-electron chi connectivity index (χ0n) is 16.6. The molecule has 0 unspecified atom stereocenters. The van der Waals surface area contributed by atoms with Gasteiger partial charge in [0.05, 0.1) is 6.54 Å². The van der Waals surface area contributed by atoms with Crippen molar-refractivity contribution in [2.45, 2.75) is 44.9 Å². The summed E-state index contributed by atoms with van der Waals surface area (Å²) in [6.45, 7) is 2.92. The van der Waals surface area contributed by atoms with E-state index in [9.17, 15) is 14.4 Å². The summed E-state index contributed by atoms with van der Waals surface area (Å²) in [5.41, 5.74) is 0.729. The first-order valence-corrected chi connectivity index (χ1v) is 10.5. The molecule has 1 aromatic rings. The summed E-state index contributed by atoms with van der Waals surface area (Å²) in [5, 5.41) is 3.00. The van der Waals surface area contributed by atoms with Crippen LogP contribution < -0.4 is 5.32 Å². The third kappa shape index (κ3) is 5.81. The summed E-state index contributed by atoms with van der Waals surface area (Å²) in [6, 6.07) is 9.37. The van der Waals surface area contributed by atoms with Gasteiger partial charge in [-0.1, -0.05) is 31.0 Å². The molecule has 2 heterocycles. The fourth-order valence-corrected chi connectivity index (χ4v) is 3.97. The molecule has 2 aliphatic heterocycles. The molecule has 3 rings (SSSR count). The molecule has 0 spiro atoms. The van der Waals surface area contributed by atoms with Crippen LogP contribution in [0.3, 0.4) is 0 Å². The topological polar surface area (TPSA) is 69.7 Å². The van der Waals surface area contributed by atoms with Crippen molar-refractivity contribution in [3.8, 4) is 0 Å². The standard InChI is InChI=1S/C22H31N3O3/c26-20(17-25-13-7-2-1-6-10-21(25)27)23-16-18-11-14-24(15-12-18)22(28)19-8-4-3-5-9-19/h3-5,8-9,18H,1-2,6-7,10-17H2,(H,23,26). The minimum absolute atomic E-state index is 0.0725. The third-order valence-electron chi connectivity index (χ3n) is 5.77. The number of likely N-dealkylation sites (tertiary alicyclic amines) is 2. The molecule has 6 nitrogen and oxygen atoms in total. The van der Waals surface area contributed by atoms with Gasteiger partial charge in [0.15, 0.2) is 0 Å². The van der Waals surface area contributed by atoms with Crippen LogP contribution in [0, 0.1) is 5.92 Å². The van der Waals surface area contributed by atoms with Crippen LogP contribution in [0.2, 0.25) is 0 Å². The highest BCUT2D eigenvalue weighted by molar-refractivity contribution is 5.94. The lowest BCUT2D eigenvalue weighted by atomic mass is 9.96. The average molecular weight is 386 g/mol. The molecule has 0 atom stereocenters. The van der Waals surface area contributed by atoms with E-state index in [4.69, 9.17) is 0 Å². The van der Waals surface area contributed by atoms with Crippen LogP contribution in [0.4, 0.5) is 0 Å². The lowest BCUT2D eigenvalue weighted by Crippen LogP contribution is -2.45. The van der Waals surface area contributed by atoms with Crippen LogP contribution in [-0.4, -0.2) is 60.2 Å². The largest absolute Gasteiger partial charge is 0.354 e. The zero-order valence-corrected chi connectivity index (χ0v) is 16.6. The van der Waals surface area contributed by atoms with E-state index >= 15 is 0 Å². The van der Waals surface area contributed by atoms with Gasteiger partial charge in [0.2, 0.25) is 11.8 Å². The van der Waals surface area contributed by atoms with Crippen molar-refractivity contribution in [3.63, 3.8) is 0 Å². The van der Waals surface area contributed by atoms with Gasteiger partial charge in [-0.25, -0.2) is 0 Å². The van der Waals surface area contributed by atoms with Gasteiger partial charge in [-0.05, 0) is 43.7 Å². The number of nitrogens with one attached hydrogen (secondary N) is 1. The van der Waals surface area contributed by atoms with Crippen molar-refractivity contribution >= 4 is 17.7 Å². The number of hydrogen-bond acceptors (Lipinski definition) is 3. The smallest absolute Gasteiger partial charge is 0.253 e. The van der Waals surface area contributed by atoms with E-state index in [0.717, 1.165) is 57.2 Å². The Balaban J connectivity index is 1.38. The Morgan fingerprint density at radius 3 is 2.43 bits per heavy atom. The number of carbonyl (C=O) groups excluding carboxylic acids is 3. The van der Waals surface area contributed by atoms with Gasteiger partial charge < -0.3 is 15.1 Å². The van der Waals surface area contributed by atoms with E-state index in [1.165, 1.54) is 0 Å². The van der Waals surface area contributed by atoms with Gasteiger partial charge in [0.1, 0.15) is 0 Å². The van der Waals surface area contributed by atoms with Crippen molar-refractivity contribution in [2.24, 2.45) is 5.92 Å². The molecule has 6 heteroatoms. The van der Waals surface area contributed by atoms with Gasteiger partial charge in [0, 0.05) is 38.2 Å². The van der Waals surface area contributed by atoms with Crippen LogP contribution in [-0.2, 0) is 9.59 Å². The maximum absolute atomic E-state index is 12.5. The summed E-state index contributed by atoms with van der Waals surface area (Å²) in [4.78, 5) is 40.5. The van der Waals surface area contributed by atoms with Crippen LogP contribution in [0.25, 0.3) is 0 Å². The summed E-state index contributed by atoms with van der Waals surface area (Å²) in [6.07, 6.45) is 6.48. The summed E-state index contributed by atoms with van der Waals surface area (Å²) < 4.78 is 0. The van der Waals surface area contributed by atoms with Crippen molar-refractivity contribution in [1.82, 2.24) is 15.1 Å². The minimum atomic E-state index is -0.0725. The van der Waals surface area contributed by atoms with Crippen LogP contribution >= 0.6 is 0 Å². The SMILES string of the molecule is O=C(CN1CCCCCCC1=O)NCC1CCN(C(=O)c2ccccc2)CC1. The van der Waals surface area contributed by atoms with Gasteiger partial charge in [0.25, 0.3) is 5.91 Å². The second-order valence-corrected chi connectivity index (χ2v) is 7.89. The van der Waals surface area contributed by atoms with Gasteiger partial charge >= 0.3 is 0 Å². The van der Waals surface area contributed by atoms with E-state index in [1.807, 2.05) is 35.2 Å². The first-order chi connectivity index (χ1) is 13.6. The maximum Gasteiger partial charge on any atom is 0.253 e. The number of amides is 3. The molecular weight excluding hydrogens is 354 g/mol. The molecule has 0 bridgehead atoms. The predicted molar refractivity (Wildman–Crippen MR) is 108 cm³/mol. The molecule has 1 N–H and O–H groups in total. The monoisotopic (exact) mass is 385 g/mol. The first kappa shape index (κ1) is 20.4. The Labute approximate surface area is 167 Å². The van der Waals surface area contributed by atoms with E-state index < -0.39 is 0 Å². The Kier molecular flexibility index (Phi) is 7.46. The number of piperidine rings is 1. The summed E-state index contributed by atoms with van der Waals surface area (Å²) >= 11 is 0. The van der Waals surface area contributed by atoms with Crippen LogP contribution in [0.5, 0.6) is 0 Å². The van der Waals surface area contributed by atoms with E-state index in [2.05, 4.69) is 5.32 Å². The predicted octanol–water partition coefficient (Wildman–Crippen LogP) is 2.45. The Morgan fingerprint density at radius 2 is 1.68 bits per heavy atom. The highest BCUT2D eigenvalue weighted by Gasteiger charge is 2.24. The molecule has 2 fully saturated rings. The highest BCUT2D eigenvalue weighted by atomic mass is 16.2. The molecule has 2 saturated heterocycles. The molecule has 0 saturated carbocycles. The molecular formula is C22H31N3O3. The Morgan fingerprint density at radius 1 is 0.964 bits per heavy atom. The van der Waals surface area contributed by atoms with Crippen LogP contribution in [0.1, 0.15) is 55.3 Å². The van der Waals surface area contributed by atoms with Gasteiger partial charge in [-0.3, -0.25) is 14.4 Å². The Bertz CT molecular complexity index is 669. The fraction of sp³-hybridized carbons (Fsp3) is 0.591. The van der Waals surface area contributed by atoms with Crippen LogP contribution in [0.15, 0.2) is 30.3 Å². The van der Waals surface area contributed by atoms with E-state index in [1.54, 1.807) is 4.90 Å². The molecule has 3 amide bonds. The molecule has 0 aromatic heterocycles. The number of rotatable bonds is 5. The second-order valence-electron chi connectivity index (χ2n) is 7.89. The Hall–Kier alpha value is -2.37. The fourth-order valence-electron chi connectivity index (χ4n) is 3.97.